The van der Waals surface area contributed by atoms with Crippen molar-refractivity contribution in [3.63, 3.8) is 0 Å². The number of nitrogens with one attached hydrogen (secondary N) is 1. The molecule has 0 aromatic heterocycles. The van der Waals surface area contributed by atoms with Gasteiger partial charge in [-0.1, -0.05) is 26.7 Å². The van der Waals surface area contributed by atoms with Crippen molar-refractivity contribution in [2.45, 2.75) is 65.1 Å². The molecule has 1 aromatic carbocycles. The van der Waals surface area contributed by atoms with E-state index in [1.807, 2.05) is 38.1 Å². The molecule has 4 nitrogen and oxygen atoms in total. The van der Waals surface area contributed by atoms with Crippen LogP contribution in [0.15, 0.2) is 24.3 Å². The molecule has 0 heterocycles. The van der Waals surface area contributed by atoms with E-state index in [4.69, 9.17) is 9.47 Å². The van der Waals surface area contributed by atoms with Crippen molar-refractivity contribution in [2.24, 2.45) is 0 Å². The van der Waals surface area contributed by atoms with Crippen molar-refractivity contribution in [1.82, 2.24) is 0 Å². The summed E-state index contributed by atoms with van der Waals surface area (Å²) in [6, 6.07) is 7.45. The van der Waals surface area contributed by atoms with Crippen LogP contribution in [-0.4, -0.2) is 24.7 Å². The molecule has 0 aliphatic carbocycles. The first-order chi connectivity index (χ1) is 10.4. The van der Waals surface area contributed by atoms with Gasteiger partial charge in [-0.15, -0.1) is 0 Å². The minimum absolute atomic E-state index is 0.112. The lowest BCUT2D eigenvalue weighted by atomic mass is 9.97. The summed E-state index contributed by atoms with van der Waals surface area (Å²) in [6.45, 7) is 8.05. The zero-order valence-electron chi connectivity index (χ0n) is 14.4. The van der Waals surface area contributed by atoms with Crippen LogP contribution in [0.1, 0.15) is 53.4 Å². The normalized spacial score (nSPS) is 15.0. The highest BCUT2D eigenvalue weighted by Crippen LogP contribution is 2.22. The van der Waals surface area contributed by atoms with Crippen LogP contribution in [0, 0.1) is 0 Å². The van der Waals surface area contributed by atoms with Crippen molar-refractivity contribution in [3.8, 4) is 5.75 Å². The molecule has 0 saturated carbocycles. The van der Waals surface area contributed by atoms with Gasteiger partial charge in [0.1, 0.15) is 11.4 Å². The highest BCUT2D eigenvalue weighted by atomic mass is 16.5. The van der Waals surface area contributed by atoms with Crippen LogP contribution in [-0.2, 0) is 9.53 Å². The van der Waals surface area contributed by atoms with Gasteiger partial charge in [0.05, 0.1) is 6.10 Å². The maximum atomic E-state index is 12.4. The molecule has 1 amide bonds. The predicted octanol–water partition coefficient (Wildman–Crippen LogP) is 4.40. The maximum Gasteiger partial charge on any atom is 0.256 e. The Balaban J connectivity index is 2.67. The van der Waals surface area contributed by atoms with Gasteiger partial charge in [-0.25, -0.2) is 0 Å². The lowest BCUT2D eigenvalue weighted by Gasteiger charge is -2.26. The Morgan fingerprint density at radius 3 is 2.41 bits per heavy atom. The van der Waals surface area contributed by atoms with E-state index in [1.165, 1.54) is 0 Å². The second-order valence-corrected chi connectivity index (χ2v) is 5.85. The van der Waals surface area contributed by atoms with Crippen molar-refractivity contribution >= 4 is 11.6 Å². The monoisotopic (exact) mass is 307 g/mol. The molecule has 1 aromatic rings. The van der Waals surface area contributed by atoms with Crippen molar-refractivity contribution in [1.29, 1.82) is 0 Å². The zero-order chi connectivity index (χ0) is 16.6. The fraction of sp³-hybridized carbons (Fsp3) is 0.611. The van der Waals surface area contributed by atoms with Gasteiger partial charge in [0, 0.05) is 12.8 Å². The van der Waals surface area contributed by atoms with Gasteiger partial charge < -0.3 is 14.8 Å². The molecule has 0 aliphatic rings. The summed E-state index contributed by atoms with van der Waals surface area (Å²) in [5, 5.41) is 2.92. The molecule has 4 heteroatoms. The van der Waals surface area contributed by atoms with E-state index in [0.29, 0.717) is 6.42 Å². The molecule has 0 radical (unpaired) electrons. The van der Waals surface area contributed by atoms with Gasteiger partial charge in [0.15, 0.2) is 0 Å². The van der Waals surface area contributed by atoms with Crippen LogP contribution in [0.5, 0.6) is 5.75 Å². The van der Waals surface area contributed by atoms with Gasteiger partial charge in [-0.3, -0.25) is 4.79 Å². The fourth-order valence-corrected chi connectivity index (χ4v) is 2.02. The number of carbonyl (C=O) groups is 1. The van der Waals surface area contributed by atoms with Gasteiger partial charge in [0.2, 0.25) is 0 Å². The molecular formula is C18H29NO3. The van der Waals surface area contributed by atoms with E-state index >= 15 is 0 Å². The number of anilines is 1. The summed E-state index contributed by atoms with van der Waals surface area (Å²) in [5.74, 6) is 0.701. The average Bonchev–Trinajstić information content (AvgIpc) is 2.54. The summed E-state index contributed by atoms with van der Waals surface area (Å²) >= 11 is 0. The van der Waals surface area contributed by atoms with Crippen molar-refractivity contribution in [3.05, 3.63) is 24.3 Å². The molecule has 1 rings (SSSR count). The topological polar surface area (TPSA) is 47.6 Å². The predicted molar refractivity (Wildman–Crippen MR) is 90.4 cm³/mol. The summed E-state index contributed by atoms with van der Waals surface area (Å²) in [5.41, 5.74) is -0.0386. The Kier molecular flexibility index (Phi) is 7.39. The minimum Gasteiger partial charge on any atom is -0.491 e. The van der Waals surface area contributed by atoms with E-state index in [9.17, 15) is 4.79 Å². The number of methoxy groups -OCH3 is 1. The van der Waals surface area contributed by atoms with E-state index in [1.54, 1.807) is 7.11 Å². The first-order valence-electron chi connectivity index (χ1n) is 8.08. The SMILES string of the molecule is CCCCC(C)(OC)C(=O)Nc1ccc(OC(C)CC)cc1. The molecule has 0 aliphatic heterocycles. The zero-order valence-corrected chi connectivity index (χ0v) is 14.4. The Morgan fingerprint density at radius 2 is 1.91 bits per heavy atom. The molecule has 2 unspecified atom stereocenters. The van der Waals surface area contributed by atoms with Crippen LogP contribution in [0.3, 0.4) is 0 Å². The quantitative estimate of drug-likeness (QED) is 0.735. The second-order valence-electron chi connectivity index (χ2n) is 5.85. The Labute approximate surface area is 134 Å². The number of rotatable bonds is 9. The molecule has 1 N–H and O–H groups in total. The van der Waals surface area contributed by atoms with Crippen LogP contribution < -0.4 is 10.1 Å². The Morgan fingerprint density at radius 1 is 1.27 bits per heavy atom. The number of hydrogen-bond acceptors (Lipinski definition) is 3. The van der Waals surface area contributed by atoms with Gasteiger partial charge >= 0.3 is 0 Å². The number of hydrogen-bond donors (Lipinski definition) is 1. The minimum atomic E-state index is -0.790. The number of amides is 1. The fourth-order valence-electron chi connectivity index (χ4n) is 2.02. The van der Waals surface area contributed by atoms with Gasteiger partial charge in [0.25, 0.3) is 5.91 Å². The van der Waals surface area contributed by atoms with Gasteiger partial charge in [-0.2, -0.15) is 0 Å². The molecule has 0 fully saturated rings. The molecule has 0 saturated heterocycles. The second kappa shape index (κ2) is 8.79. The molecule has 0 bridgehead atoms. The summed E-state index contributed by atoms with van der Waals surface area (Å²) < 4.78 is 11.2. The molecule has 22 heavy (non-hydrogen) atoms. The molecule has 2 atom stereocenters. The first-order valence-corrected chi connectivity index (χ1v) is 8.08. The lowest BCUT2D eigenvalue weighted by molar-refractivity contribution is -0.136. The summed E-state index contributed by atoms with van der Waals surface area (Å²) in [6.07, 6.45) is 3.85. The summed E-state index contributed by atoms with van der Waals surface area (Å²) in [7, 11) is 1.58. The molecule has 124 valence electrons. The van der Waals surface area contributed by atoms with E-state index in [2.05, 4.69) is 19.2 Å². The largest absolute Gasteiger partial charge is 0.491 e. The molecular weight excluding hydrogens is 278 g/mol. The number of benzene rings is 1. The van der Waals surface area contributed by atoms with Crippen molar-refractivity contribution < 1.29 is 14.3 Å². The van der Waals surface area contributed by atoms with Crippen LogP contribution in [0.4, 0.5) is 5.69 Å². The third-order valence-corrected chi connectivity index (χ3v) is 3.96. The van der Waals surface area contributed by atoms with Crippen LogP contribution in [0.25, 0.3) is 0 Å². The smallest absolute Gasteiger partial charge is 0.256 e. The van der Waals surface area contributed by atoms with E-state index in [-0.39, 0.29) is 12.0 Å². The lowest BCUT2D eigenvalue weighted by Crippen LogP contribution is -2.41. The highest BCUT2D eigenvalue weighted by molar-refractivity contribution is 5.97. The highest BCUT2D eigenvalue weighted by Gasteiger charge is 2.32. The third kappa shape index (κ3) is 5.34. The average molecular weight is 307 g/mol. The standard InChI is InChI=1S/C18H29NO3/c1-6-8-13-18(4,21-5)17(20)19-15-9-11-16(12-10-15)22-14(3)7-2/h9-12,14H,6-8,13H2,1-5H3,(H,19,20). The maximum absolute atomic E-state index is 12.4. The van der Waals surface area contributed by atoms with Crippen LogP contribution >= 0.6 is 0 Å². The first kappa shape index (κ1) is 18.5. The van der Waals surface area contributed by atoms with Gasteiger partial charge in [-0.05, 0) is 51.0 Å². The van der Waals surface area contributed by atoms with Crippen LogP contribution in [0.2, 0.25) is 0 Å². The molecule has 0 spiro atoms. The van der Waals surface area contributed by atoms with E-state index < -0.39 is 5.60 Å². The summed E-state index contributed by atoms with van der Waals surface area (Å²) in [4.78, 5) is 12.4. The Bertz CT molecular complexity index is 458. The van der Waals surface area contributed by atoms with E-state index in [0.717, 1.165) is 30.7 Å². The number of ether oxygens (including phenoxy) is 2. The number of carbonyl (C=O) groups excluding carboxylic acids is 1. The third-order valence-electron chi connectivity index (χ3n) is 3.96. The number of unbranched alkanes of at least 4 members (excludes halogenated alkanes) is 1. The van der Waals surface area contributed by atoms with Crippen molar-refractivity contribution in [2.75, 3.05) is 12.4 Å². The Hall–Kier alpha value is -1.55.